The molecule has 0 radical (unpaired) electrons. The molecular weight excluding hydrogens is 366 g/mol. The molecule has 150 valence electrons. The average molecular weight is 391 g/mol. The molecule has 29 heavy (non-hydrogen) atoms. The number of piperidine rings is 1. The van der Waals surface area contributed by atoms with E-state index >= 15 is 0 Å². The molecule has 1 unspecified atom stereocenters. The number of hydrogen-bond donors (Lipinski definition) is 1. The molecular formula is C23H25N3O3. The second kappa shape index (κ2) is 8.47. The topological polar surface area (TPSA) is 69.7 Å². The second-order valence-electron chi connectivity index (χ2n) is 7.67. The molecule has 2 saturated heterocycles. The van der Waals surface area contributed by atoms with Crippen LogP contribution in [0.2, 0.25) is 0 Å². The van der Waals surface area contributed by atoms with Crippen LogP contribution in [0, 0.1) is 5.92 Å². The van der Waals surface area contributed by atoms with Crippen LogP contribution in [0.1, 0.15) is 36.0 Å². The Bertz CT molecular complexity index is 895. The average Bonchev–Trinajstić information content (AvgIpc) is 3.13. The van der Waals surface area contributed by atoms with Gasteiger partial charge in [0.2, 0.25) is 11.8 Å². The van der Waals surface area contributed by atoms with Gasteiger partial charge in [-0.05, 0) is 49.2 Å². The molecule has 6 nitrogen and oxygen atoms in total. The van der Waals surface area contributed by atoms with Crippen LogP contribution in [0.15, 0.2) is 54.6 Å². The zero-order valence-corrected chi connectivity index (χ0v) is 16.3. The van der Waals surface area contributed by atoms with Crippen molar-refractivity contribution in [3.63, 3.8) is 0 Å². The lowest BCUT2D eigenvalue weighted by Gasteiger charge is -2.27. The molecule has 3 amide bonds. The van der Waals surface area contributed by atoms with Crippen molar-refractivity contribution in [1.82, 2.24) is 5.32 Å². The number of nitrogens with zero attached hydrogens (tertiary/aromatic N) is 2. The van der Waals surface area contributed by atoms with Gasteiger partial charge in [-0.3, -0.25) is 14.4 Å². The zero-order valence-electron chi connectivity index (χ0n) is 16.3. The van der Waals surface area contributed by atoms with Crippen LogP contribution in [-0.4, -0.2) is 37.4 Å². The summed E-state index contributed by atoms with van der Waals surface area (Å²) >= 11 is 0. The lowest BCUT2D eigenvalue weighted by molar-refractivity contribution is -0.119. The first-order chi connectivity index (χ1) is 14.1. The summed E-state index contributed by atoms with van der Waals surface area (Å²) in [7, 11) is 0. The summed E-state index contributed by atoms with van der Waals surface area (Å²) in [5.41, 5.74) is 2.34. The molecule has 0 aliphatic carbocycles. The summed E-state index contributed by atoms with van der Waals surface area (Å²) in [4.78, 5) is 40.4. The fraction of sp³-hybridized carbons (Fsp3) is 0.348. The third-order valence-electron chi connectivity index (χ3n) is 5.59. The van der Waals surface area contributed by atoms with Crippen molar-refractivity contribution in [2.45, 2.75) is 25.7 Å². The maximum Gasteiger partial charge on any atom is 0.251 e. The smallest absolute Gasteiger partial charge is 0.251 e. The van der Waals surface area contributed by atoms with Gasteiger partial charge in [0, 0.05) is 55.3 Å². The third kappa shape index (κ3) is 4.31. The second-order valence-corrected chi connectivity index (χ2v) is 7.67. The Morgan fingerprint density at radius 2 is 1.59 bits per heavy atom. The summed E-state index contributed by atoms with van der Waals surface area (Å²) < 4.78 is 0. The minimum atomic E-state index is -0.118. The predicted molar refractivity (Wildman–Crippen MR) is 112 cm³/mol. The van der Waals surface area contributed by atoms with Gasteiger partial charge in [0.05, 0.1) is 0 Å². The highest BCUT2D eigenvalue weighted by Gasteiger charge is 2.31. The minimum absolute atomic E-state index is 0.0609. The fourth-order valence-electron chi connectivity index (χ4n) is 3.99. The van der Waals surface area contributed by atoms with Crippen molar-refractivity contribution < 1.29 is 14.4 Å². The maximum atomic E-state index is 12.5. The van der Waals surface area contributed by atoms with Crippen molar-refractivity contribution in [1.29, 1.82) is 0 Å². The summed E-state index contributed by atoms with van der Waals surface area (Å²) in [6, 6.07) is 16.7. The first-order valence-electron chi connectivity index (χ1n) is 10.2. The molecule has 2 aliphatic heterocycles. The van der Waals surface area contributed by atoms with E-state index in [4.69, 9.17) is 0 Å². The molecule has 1 atom stereocenters. The molecule has 6 heteroatoms. The van der Waals surface area contributed by atoms with Crippen LogP contribution in [-0.2, 0) is 9.59 Å². The van der Waals surface area contributed by atoms with Gasteiger partial charge in [0.15, 0.2) is 0 Å². The number of nitrogens with one attached hydrogen (secondary N) is 1. The highest BCUT2D eigenvalue weighted by molar-refractivity contribution is 5.97. The summed E-state index contributed by atoms with van der Waals surface area (Å²) in [6.07, 6.45) is 3.00. The van der Waals surface area contributed by atoms with Gasteiger partial charge in [-0.25, -0.2) is 0 Å². The Labute approximate surface area is 170 Å². The van der Waals surface area contributed by atoms with Crippen LogP contribution in [0.4, 0.5) is 11.4 Å². The van der Waals surface area contributed by atoms with Gasteiger partial charge in [0.25, 0.3) is 5.91 Å². The molecule has 2 fully saturated rings. The molecule has 0 saturated carbocycles. The van der Waals surface area contributed by atoms with E-state index in [1.54, 1.807) is 17.0 Å². The molecule has 1 N–H and O–H groups in total. The van der Waals surface area contributed by atoms with Crippen molar-refractivity contribution in [3.05, 3.63) is 60.2 Å². The number of rotatable bonds is 5. The van der Waals surface area contributed by atoms with Crippen molar-refractivity contribution in [3.8, 4) is 0 Å². The van der Waals surface area contributed by atoms with Gasteiger partial charge in [0.1, 0.15) is 0 Å². The van der Waals surface area contributed by atoms with Gasteiger partial charge < -0.3 is 15.1 Å². The van der Waals surface area contributed by atoms with E-state index in [0.717, 1.165) is 30.8 Å². The van der Waals surface area contributed by atoms with Crippen LogP contribution < -0.4 is 15.1 Å². The third-order valence-corrected chi connectivity index (χ3v) is 5.59. The van der Waals surface area contributed by atoms with Crippen molar-refractivity contribution in [2.24, 2.45) is 5.92 Å². The molecule has 2 aliphatic rings. The van der Waals surface area contributed by atoms with E-state index < -0.39 is 0 Å². The first kappa shape index (κ1) is 19.2. The monoisotopic (exact) mass is 391 g/mol. The first-order valence-corrected chi connectivity index (χ1v) is 10.2. The number of carbonyl (C=O) groups is 3. The van der Waals surface area contributed by atoms with Crippen molar-refractivity contribution >= 4 is 29.1 Å². The predicted octanol–water partition coefficient (Wildman–Crippen LogP) is 2.99. The largest absolute Gasteiger partial charge is 0.352 e. The van der Waals surface area contributed by atoms with Gasteiger partial charge in [-0.1, -0.05) is 18.2 Å². The Morgan fingerprint density at radius 1 is 0.897 bits per heavy atom. The SMILES string of the molecule is O=C(NCC1CC(=O)N(c2ccc(N3CCCCC3=O)cc2)C1)c1ccccc1. The molecule has 0 aromatic heterocycles. The summed E-state index contributed by atoms with van der Waals surface area (Å²) in [5.74, 6) is 0.187. The lowest BCUT2D eigenvalue weighted by Crippen LogP contribution is -2.35. The van der Waals surface area contributed by atoms with E-state index in [1.165, 1.54) is 0 Å². The number of anilines is 2. The van der Waals surface area contributed by atoms with E-state index in [-0.39, 0.29) is 23.6 Å². The summed E-state index contributed by atoms with van der Waals surface area (Å²) in [5, 5.41) is 2.93. The highest BCUT2D eigenvalue weighted by Crippen LogP contribution is 2.28. The van der Waals surface area contributed by atoms with Gasteiger partial charge in [-0.2, -0.15) is 0 Å². The Kier molecular flexibility index (Phi) is 5.60. The molecule has 2 heterocycles. The Balaban J connectivity index is 1.35. The molecule has 2 aromatic carbocycles. The van der Waals surface area contributed by atoms with Gasteiger partial charge in [-0.15, -0.1) is 0 Å². The molecule has 0 spiro atoms. The molecule has 4 rings (SSSR count). The quantitative estimate of drug-likeness (QED) is 0.852. The molecule has 2 aromatic rings. The van der Waals surface area contributed by atoms with Gasteiger partial charge >= 0.3 is 0 Å². The lowest BCUT2D eigenvalue weighted by atomic mass is 10.1. The number of carbonyl (C=O) groups excluding carboxylic acids is 3. The number of amides is 3. The van der Waals surface area contributed by atoms with E-state index in [9.17, 15) is 14.4 Å². The van der Waals surface area contributed by atoms with E-state index in [2.05, 4.69) is 5.32 Å². The maximum absolute atomic E-state index is 12.5. The number of benzene rings is 2. The Morgan fingerprint density at radius 3 is 2.28 bits per heavy atom. The number of hydrogen-bond acceptors (Lipinski definition) is 3. The molecule has 0 bridgehead atoms. The highest BCUT2D eigenvalue weighted by atomic mass is 16.2. The standard InChI is InChI=1S/C23H25N3O3/c27-21-8-4-5-13-25(21)19-9-11-20(12-10-19)26-16-17(14-22(26)28)15-24-23(29)18-6-2-1-3-7-18/h1-3,6-7,9-12,17H,4-5,8,13-16H2,(H,24,29). The minimum Gasteiger partial charge on any atom is -0.352 e. The van der Waals surface area contributed by atoms with Crippen molar-refractivity contribution in [2.75, 3.05) is 29.4 Å². The summed E-state index contributed by atoms with van der Waals surface area (Å²) in [6.45, 7) is 1.80. The Hall–Kier alpha value is -3.15. The van der Waals surface area contributed by atoms with E-state index in [1.807, 2.05) is 47.4 Å². The van der Waals surface area contributed by atoms with Crippen LogP contribution >= 0.6 is 0 Å². The fourth-order valence-corrected chi connectivity index (χ4v) is 3.99. The zero-order chi connectivity index (χ0) is 20.2. The van der Waals surface area contributed by atoms with Crippen LogP contribution in [0.5, 0.6) is 0 Å². The van der Waals surface area contributed by atoms with Crippen LogP contribution in [0.3, 0.4) is 0 Å². The normalized spacial score (nSPS) is 19.5. The van der Waals surface area contributed by atoms with E-state index in [0.29, 0.717) is 31.5 Å². The van der Waals surface area contributed by atoms with Crippen LogP contribution in [0.25, 0.3) is 0 Å².